The summed E-state index contributed by atoms with van der Waals surface area (Å²) in [5, 5.41) is 9.54. The highest BCUT2D eigenvalue weighted by Crippen LogP contribution is 2.30. The molecule has 0 aliphatic carbocycles. The first-order valence-electron chi connectivity index (χ1n) is 4.45. The van der Waals surface area contributed by atoms with Crippen molar-refractivity contribution < 1.29 is 14.6 Å². The third-order valence-corrected chi connectivity index (χ3v) is 3.26. The van der Waals surface area contributed by atoms with Crippen LogP contribution in [0.3, 0.4) is 0 Å². The van der Waals surface area contributed by atoms with Crippen LogP contribution in [0, 0.1) is 7.14 Å². The number of phenolic OH excluding ortho intramolecular Hbond substituents is 1. The summed E-state index contributed by atoms with van der Waals surface area (Å²) in [4.78, 5) is 11.4. The Balaban J connectivity index is 2.91. The Morgan fingerprint density at radius 2 is 1.81 bits per heavy atom. The lowest BCUT2D eigenvalue weighted by Crippen LogP contribution is -2.04. The highest BCUT2D eigenvalue weighted by molar-refractivity contribution is 14.1. The fraction of sp³-hybridized carbons (Fsp3) is 0.182. The molecule has 86 valence electrons. The van der Waals surface area contributed by atoms with Crippen molar-refractivity contribution in [3.8, 4) is 11.5 Å². The first kappa shape index (κ1) is 13.8. The summed E-state index contributed by atoms with van der Waals surface area (Å²) >= 11 is 3.97. The second-order valence-electron chi connectivity index (χ2n) is 3.38. The van der Waals surface area contributed by atoms with Gasteiger partial charge in [0.25, 0.3) is 0 Å². The molecule has 0 aliphatic heterocycles. The Labute approximate surface area is 121 Å². The van der Waals surface area contributed by atoms with Gasteiger partial charge in [0.05, 0.1) is 7.14 Å². The Bertz CT molecular complexity index is 426. The maximum Gasteiger partial charge on any atom is 0.336 e. The molecule has 1 N–H and O–H groups in total. The molecule has 0 atom stereocenters. The van der Waals surface area contributed by atoms with Crippen LogP contribution in [0.25, 0.3) is 0 Å². The van der Waals surface area contributed by atoms with E-state index in [9.17, 15) is 9.90 Å². The minimum atomic E-state index is -0.405. The number of esters is 1. The van der Waals surface area contributed by atoms with Gasteiger partial charge in [-0.1, -0.05) is 5.57 Å². The zero-order valence-corrected chi connectivity index (χ0v) is 13.1. The molecule has 0 fully saturated rings. The Hall–Kier alpha value is -0.310. The van der Waals surface area contributed by atoms with E-state index in [0.29, 0.717) is 12.9 Å². The normalized spacial score (nSPS) is 9.75. The summed E-state index contributed by atoms with van der Waals surface area (Å²) in [6.45, 7) is 3.65. The van der Waals surface area contributed by atoms with Crippen LogP contribution >= 0.6 is 45.2 Å². The van der Waals surface area contributed by atoms with Crippen molar-refractivity contribution in [1.29, 1.82) is 0 Å². The molecule has 16 heavy (non-hydrogen) atoms. The Kier molecular flexibility index (Phi) is 5.03. The number of hydrogen-bond acceptors (Lipinski definition) is 3. The lowest BCUT2D eigenvalue weighted by atomic mass is 10.3. The quantitative estimate of drug-likeness (QED) is 0.329. The first-order chi connectivity index (χ1) is 7.40. The van der Waals surface area contributed by atoms with Crippen molar-refractivity contribution in [3.63, 3.8) is 0 Å². The maximum absolute atomic E-state index is 11.4. The SMILES string of the molecule is CC(C)=CC(=O)Oc1cc(I)c(O)c(I)c1. The van der Waals surface area contributed by atoms with Crippen molar-refractivity contribution in [2.45, 2.75) is 13.8 Å². The summed E-state index contributed by atoms with van der Waals surface area (Å²) in [7, 11) is 0. The van der Waals surface area contributed by atoms with Gasteiger partial charge in [0, 0.05) is 6.08 Å². The lowest BCUT2D eigenvalue weighted by Gasteiger charge is -2.05. The zero-order chi connectivity index (χ0) is 12.3. The second-order valence-corrected chi connectivity index (χ2v) is 5.70. The van der Waals surface area contributed by atoms with Crippen molar-refractivity contribution in [2.75, 3.05) is 0 Å². The van der Waals surface area contributed by atoms with Crippen LogP contribution in [0.2, 0.25) is 0 Å². The molecule has 0 unspecified atom stereocenters. The molecular weight excluding hydrogens is 434 g/mol. The number of phenols is 1. The van der Waals surface area contributed by atoms with Gasteiger partial charge in [0.15, 0.2) is 0 Å². The molecule has 0 amide bonds. The Morgan fingerprint density at radius 3 is 2.25 bits per heavy atom. The van der Waals surface area contributed by atoms with E-state index in [2.05, 4.69) is 0 Å². The van der Waals surface area contributed by atoms with E-state index < -0.39 is 5.97 Å². The number of halogens is 2. The van der Waals surface area contributed by atoms with Crippen LogP contribution in [0.5, 0.6) is 11.5 Å². The molecule has 0 aromatic heterocycles. The fourth-order valence-electron chi connectivity index (χ4n) is 0.983. The van der Waals surface area contributed by atoms with Crippen molar-refractivity contribution in [1.82, 2.24) is 0 Å². The number of benzene rings is 1. The van der Waals surface area contributed by atoms with E-state index in [1.165, 1.54) is 6.08 Å². The molecule has 3 nitrogen and oxygen atoms in total. The van der Waals surface area contributed by atoms with Crippen LogP contribution < -0.4 is 4.74 Å². The van der Waals surface area contributed by atoms with Gasteiger partial charge < -0.3 is 9.84 Å². The standard InChI is InChI=1S/C11H10I2O3/c1-6(2)3-10(14)16-7-4-8(12)11(15)9(13)5-7/h3-5,15H,1-2H3. The van der Waals surface area contributed by atoms with E-state index in [-0.39, 0.29) is 5.75 Å². The summed E-state index contributed by atoms with van der Waals surface area (Å²) < 4.78 is 6.42. The zero-order valence-electron chi connectivity index (χ0n) is 8.75. The molecule has 5 heteroatoms. The van der Waals surface area contributed by atoms with Crippen LogP contribution in [-0.4, -0.2) is 11.1 Å². The minimum absolute atomic E-state index is 0.211. The van der Waals surface area contributed by atoms with E-state index >= 15 is 0 Å². The van der Waals surface area contributed by atoms with Gasteiger partial charge in [-0.05, 0) is 71.2 Å². The number of carbonyl (C=O) groups is 1. The number of allylic oxidation sites excluding steroid dienone is 1. The smallest absolute Gasteiger partial charge is 0.336 e. The summed E-state index contributed by atoms with van der Waals surface area (Å²) in [5.74, 6) is 0.245. The fourth-order valence-corrected chi connectivity index (χ4v) is 2.69. The molecule has 1 aromatic carbocycles. The monoisotopic (exact) mass is 444 g/mol. The van der Waals surface area contributed by atoms with Crippen molar-refractivity contribution in [2.24, 2.45) is 0 Å². The summed E-state index contributed by atoms with van der Waals surface area (Å²) in [5.41, 5.74) is 0.883. The average molecular weight is 444 g/mol. The number of hydrogen-bond donors (Lipinski definition) is 1. The number of aromatic hydroxyl groups is 1. The predicted octanol–water partition coefficient (Wildman–Crippen LogP) is 3.47. The molecule has 0 radical (unpaired) electrons. The van der Waals surface area contributed by atoms with Gasteiger partial charge in [-0.25, -0.2) is 4.79 Å². The third kappa shape index (κ3) is 3.93. The molecule has 0 aliphatic rings. The van der Waals surface area contributed by atoms with Crippen LogP contribution in [0.1, 0.15) is 13.8 Å². The molecule has 0 bridgehead atoms. The summed E-state index contributed by atoms with van der Waals surface area (Å²) in [6.07, 6.45) is 1.42. The molecule has 1 rings (SSSR count). The van der Waals surface area contributed by atoms with Crippen molar-refractivity contribution >= 4 is 51.2 Å². The highest BCUT2D eigenvalue weighted by Gasteiger charge is 2.08. The van der Waals surface area contributed by atoms with Crippen LogP contribution in [0.15, 0.2) is 23.8 Å². The lowest BCUT2D eigenvalue weighted by molar-refractivity contribution is -0.129. The first-order valence-corrected chi connectivity index (χ1v) is 6.60. The Morgan fingerprint density at radius 1 is 1.31 bits per heavy atom. The minimum Gasteiger partial charge on any atom is -0.506 e. The van der Waals surface area contributed by atoms with Gasteiger partial charge in [0.1, 0.15) is 11.5 Å². The number of ether oxygens (including phenoxy) is 1. The average Bonchev–Trinajstić information content (AvgIpc) is 2.12. The van der Waals surface area contributed by atoms with Gasteiger partial charge >= 0.3 is 5.97 Å². The predicted molar refractivity (Wildman–Crippen MR) is 78.6 cm³/mol. The third-order valence-electron chi connectivity index (χ3n) is 1.62. The van der Waals surface area contributed by atoms with Gasteiger partial charge in [-0.3, -0.25) is 0 Å². The van der Waals surface area contributed by atoms with E-state index in [1.807, 2.05) is 59.0 Å². The number of carbonyl (C=O) groups excluding carboxylic acids is 1. The molecule has 0 saturated carbocycles. The topological polar surface area (TPSA) is 46.5 Å². The molecule has 0 heterocycles. The highest BCUT2D eigenvalue weighted by atomic mass is 127. The van der Waals surface area contributed by atoms with Crippen LogP contribution in [0.4, 0.5) is 0 Å². The van der Waals surface area contributed by atoms with Crippen molar-refractivity contribution in [3.05, 3.63) is 30.9 Å². The van der Waals surface area contributed by atoms with E-state index in [0.717, 1.165) is 5.57 Å². The molecule has 1 aromatic rings. The number of rotatable bonds is 2. The maximum atomic E-state index is 11.4. The molecule has 0 spiro atoms. The van der Waals surface area contributed by atoms with E-state index in [4.69, 9.17) is 4.74 Å². The van der Waals surface area contributed by atoms with Gasteiger partial charge in [-0.15, -0.1) is 0 Å². The largest absolute Gasteiger partial charge is 0.506 e. The summed E-state index contributed by atoms with van der Waals surface area (Å²) in [6, 6.07) is 3.24. The van der Waals surface area contributed by atoms with Crippen LogP contribution in [-0.2, 0) is 4.79 Å². The van der Waals surface area contributed by atoms with Gasteiger partial charge in [0.2, 0.25) is 0 Å². The molecular formula is C11H10I2O3. The van der Waals surface area contributed by atoms with E-state index in [1.54, 1.807) is 12.1 Å². The van der Waals surface area contributed by atoms with Gasteiger partial charge in [-0.2, -0.15) is 0 Å². The second kappa shape index (κ2) is 5.85. The molecule has 0 saturated heterocycles.